The average Bonchev–Trinajstić information content (AvgIpc) is 2.97. The number of para-hydroxylation sites is 2. The SMILES string of the molecule is Cc1nc2ccccc2nc1CN1C[C@@H](N)[C@H](c2ccccc2)C1. The Labute approximate surface area is 142 Å². The fourth-order valence-electron chi connectivity index (χ4n) is 3.58. The molecular formula is C20H22N4. The van der Waals surface area contributed by atoms with Crippen molar-refractivity contribution in [2.75, 3.05) is 13.1 Å². The number of aromatic nitrogens is 2. The maximum atomic E-state index is 6.41. The van der Waals surface area contributed by atoms with Crippen LogP contribution in [-0.4, -0.2) is 34.0 Å². The van der Waals surface area contributed by atoms with E-state index < -0.39 is 0 Å². The van der Waals surface area contributed by atoms with Gasteiger partial charge in [-0.25, -0.2) is 9.97 Å². The van der Waals surface area contributed by atoms with Crippen LogP contribution in [0.5, 0.6) is 0 Å². The quantitative estimate of drug-likeness (QED) is 0.807. The molecule has 0 unspecified atom stereocenters. The van der Waals surface area contributed by atoms with Crippen molar-refractivity contribution in [1.29, 1.82) is 0 Å². The summed E-state index contributed by atoms with van der Waals surface area (Å²) in [5.41, 5.74) is 11.7. The minimum atomic E-state index is 0.168. The molecule has 0 amide bonds. The second kappa shape index (κ2) is 6.30. The second-order valence-corrected chi connectivity index (χ2v) is 6.62. The largest absolute Gasteiger partial charge is 0.326 e. The smallest absolute Gasteiger partial charge is 0.0890 e. The molecule has 2 heterocycles. The van der Waals surface area contributed by atoms with Gasteiger partial charge in [0.1, 0.15) is 0 Å². The van der Waals surface area contributed by atoms with Crippen LogP contribution in [0.25, 0.3) is 11.0 Å². The van der Waals surface area contributed by atoms with E-state index in [9.17, 15) is 0 Å². The first-order valence-corrected chi connectivity index (χ1v) is 8.46. The van der Waals surface area contributed by atoms with Gasteiger partial charge < -0.3 is 5.73 Å². The monoisotopic (exact) mass is 318 g/mol. The highest BCUT2D eigenvalue weighted by atomic mass is 15.2. The number of fused-ring (bicyclic) bond motifs is 1. The number of nitrogens with zero attached hydrogens (tertiary/aromatic N) is 3. The van der Waals surface area contributed by atoms with Crippen molar-refractivity contribution in [3.05, 3.63) is 71.5 Å². The van der Waals surface area contributed by atoms with Crippen LogP contribution in [0.3, 0.4) is 0 Å². The molecule has 0 radical (unpaired) electrons. The number of nitrogens with two attached hydrogens (primary N) is 1. The highest BCUT2D eigenvalue weighted by Crippen LogP contribution is 2.27. The fraction of sp³-hybridized carbons (Fsp3) is 0.300. The van der Waals surface area contributed by atoms with Crippen molar-refractivity contribution in [3.8, 4) is 0 Å². The van der Waals surface area contributed by atoms with E-state index in [1.807, 2.05) is 31.2 Å². The zero-order chi connectivity index (χ0) is 16.5. The van der Waals surface area contributed by atoms with Gasteiger partial charge >= 0.3 is 0 Å². The summed E-state index contributed by atoms with van der Waals surface area (Å²) in [5.74, 6) is 0.389. The van der Waals surface area contributed by atoms with Gasteiger partial charge in [-0.05, 0) is 24.6 Å². The van der Waals surface area contributed by atoms with Crippen molar-refractivity contribution in [3.63, 3.8) is 0 Å². The molecule has 24 heavy (non-hydrogen) atoms. The van der Waals surface area contributed by atoms with Crippen LogP contribution in [0.15, 0.2) is 54.6 Å². The topological polar surface area (TPSA) is 55.0 Å². The van der Waals surface area contributed by atoms with Gasteiger partial charge in [0.2, 0.25) is 0 Å². The van der Waals surface area contributed by atoms with Gasteiger partial charge in [-0.1, -0.05) is 42.5 Å². The molecule has 4 heteroatoms. The summed E-state index contributed by atoms with van der Waals surface area (Å²) in [6, 6.07) is 18.8. The summed E-state index contributed by atoms with van der Waals surface area (Å²) in [4.78, 5) is 11.9. The van der Waals surface area contributed by atoms with Gasteiger partial charge in [0.15, 0.2) is 0 Å². The molecule has 1 aromatic heterocycles. The van der Waals surface area contributed by atoms with E-state index in [1.165, 1.54) is 5.56 Å². The Morgan fingerprint density at radius 1 is 0.958 bits per heavy atom. The van der Waals surface area contributed by atoms with Crippen molar-refractivity contribution in [1.82, 2.24) is 14.9 Å². The third-order valence-corrected chi connectivity index (χ3v) is 4.88. The third-order valence-electron chi connectivity index (χ3n) is 4.88. The van der Waals surface area contributed by atoms with Crippen LogP contribution in [0.2, 0.25) is 0 Å². The Bertz CT molecular complexity index is 847. The Kier molecular flexibility index (Phi) is 4.00. The lowest BCUT2D eigenvalue weighted by molar-refractivity contribution is 0.319. The lowest BCUT2D eigenvalue weighted by Gasteiger charge is -2.17. The summed E-state index contributed by atoms with van der Waals surface area (Å²) in [7, 11) is 0. The highest BCUT2D eigenvalue weighted by Gasteiger charge is 2.31. The van der Waals surface area contributed by atoms with E-state index in [0.717, 1.165) is 42.1 Å². The predicted octanol–water partition coefficient (Wildman–Crippen LogP) is 2.86. The van der Waals surface area contributed by atoms with Crippen LogP contribution >= 0.6 is 0 Å². The van der Waals surface area contributed by atoms with Crippen LogP contribution in [0.1, 0.15) is 22.9 Å². The first kappa shape index (κ1) is 15.2. The Morgan fingerprint density at radius 2 is 1.62 bits per heavy atom. The molecule has 0 saturated carbocycles. The maximum Gasteiger partial charge on any atom is 0.0890 e. The van der Waals surface area contributed by atoms with Crippen molar-refractivity contribution in [2.24, 2.45) is 5.73 Å². The van der Waals surface area contributed by atoms with E-state index in [1.54, 1.807) is 0 Å². The first-order valence-electron chi connectivity index (χ1n) is 8.46. The third kappa shape index (κ3) is 2.90. The first-order chi connectivity index (χ1) is 11.7. The zero-order valence-electron chi connectivity index (χ0n) is 13.9. The molecule has 1 saturated heterocycles. The van der Waals surface area contributed by atoms with E-state index in [2.05, 4.69) is 35.2 Å². The number of rotatable bonds is 3. The van der Waals surface area contributed by atoms with Crippen LogP contribution in [0, 0.1) is 6.92 Å². The molecule has 1 aliphatic rings. The Hall–Kier alpha value is -2.30. The van der Waals surface area contributed by atoms with Crippen LogP contribution in [0.4, 0.5) is 0 Å². The Balaban J connectivity index is 1.55. The summed E-state index contributed by atoms with van der Waals surface area (Å²) in [6.07, 6.45) is 0. The van der Waals surface area contributed by atoms with Gasteiger partial charge in [0.25, 0.3) is 0 Å². The fourth-order valence-corrected chi connectivity index (χ4v) is 3.58. The molecule has 2 atom stereocenters. The molecule has 3 aromatic rings. The average molecular weight is 318 g/mol. The van der Waals surface area contributed by atoms with Crippen molar-refractivity contribution in [2.45, 2.75) is 25.4 Å². The summed E-state index contributed by atoms with van der Waals surface area (Å²) in [5, 5.41) is 0. The van der Waals surface area contributed by atoms with Gasteiger partial charge in [-0.3, -0.25) is 4.90 Å². The summed E-state index contributed by atoms with van der Waals surface area (Å²) in [6.45, 7) is 4.72. The second-order valence-electron chi connectivity index (χ2n) is 6.62. The van der Waals surface area contributed by atoms with E-state index >= 15 is 0 Å². The minimum Gasteiger partial charge on any atom is -0.326 e. The van der Waals surface area contributed by atoms with Gasteiger partial charge in [-0.15, -0.1) is 0 Å². The molecule has 122 valence electrons. The molecule has 0 bridgehead atoms. The van der Waals surface area contributed by atoms with Gasteiger partial charge in [0.05, 0.1) is 22.4 Å². The van der Waals surface area contributed by atoms with Crippen LogP contribution < -0.4 is 5.73 Å². The standard InChI is InChI=1S/C20H22N4/c1-14-20(23-19-10-6-5-9-18(19)22-14)13-24-11-16(17(21)12-24)15-7-3-2-4-8-15/h2-10,16-17H,11-13,21H2,1H3/t16-,17+/m0/s1. The molecule has 4 nitrogen and oxygen atoms in total. The number of hydrogen-bond donors (Lipinski definition) is 1. The van der Waals surface area contributed by atoms with Gasteiger partial charge in [0, 0.05) is 31.6 Å². The zero-order valence-corrected chi connectivity index (χ0v) is 13.9. The summed E-state index contributed by atoms with van der Waals surface area (Å²) >= 11 is 0. The molecule has 1 aliphatic heterocycles. The number of aryl methyl sites for hydroxylation is 1. The molecule has 4 rings (SSSR count). The lowest BCUT2D eigenvalue weighted by Crippen LogP contribution is -2.28. The number of hydrogen-bond acceptors (Lipinski definition) is 4. The molecule has 0 spiro atoms. The van der Waals surface area contributed by atoms with E-state index in [0.29, 0.717) is 5.92 Å². The van der Waals surface area contributed by atoms with Crippen molar-refractivity contribution >= 4 is 11.0 Å². The summed E-state index contributed by atoms with van der Waals surface area (Å²) < 4.78 is 0. The normalized spacial score (nSPS) is 21.4. The lowest BCUT2D eigenvalue weighted by atomic mass is 9.95. The number of benzene rings is 2. The Morgan fingerprint density at radius 3 is 2.38 bits per heavy atom. The molecule has 2 N–H and O–H groups in total. The highest BCUT2D eigenvalue weighted by molar-refractivity contribution is 5.74. The molecular weight excluding hydrogens is 296 g/mol. The maximum absolute atomic E-state index is 6.41. The minimum absolute atomic E-state index is 0.168. The number of likely N-dealkylation sites (tertiary alicyclic amines) is 1. The predicted molar refractivity (Wildman–Crippen MR) is 96.7 cm³/mol. The molecule has 0 aliphatic carbocycles. The van der Waals surface area contributed by atoms with E-state index in [4.69, 9.17) is 15.7 Å². The molecule has 2 aromatic carbocycles. The van der Waals surface area contributed by atoms with E-state index in [-0.39, 0.29) is 6.04 Å². The van der Waals surface area contributed by atoms with Crippen LogP contribution in [-0.2, 0) is 6.54 Å². The van der Waals surface area contributed by atoms with Gasteiger partial charge in [-0.2, -0.15) is 0 Å². The molecule has 1 fully saturated rings. The van der Waals surface area contributed by atoms with Crippen molar-refractivity contribution < 1.29 is 0 Å².